The van der Waals surface area contributed by atoms with E-state index in [0.717, 1.165) is 41.4 Å². The van der Waals surface area contributed by atoms with Crippen molar-refractivity contribution in [3.8, 4) is 0 Å². The van der Waals surface area contributed by atoms with Crippen LogP contribution in [-0.4, -0.2) is 0 Å². The largest absolute Gasteiger partial charge is 0.0654 e. The van der Waals surface area contributed by atoms with Gasteiger partial charge in [-0.05, 0) is 66.1 Å². The van der Waals surface area contributed by atoms with Crippen molar-refractivity contribution in [2.45, 2.75) is 144 Å². The Balaban J connectivity index is 2.07. The zero-order valence-electron chi connectivity index (χ0n) is 21.6. The monoisotopic (exact) mass is 416 g/mol. The van der Waals surface area contributed by atoms with Gasteiger partial charge in [-0.25, -0.2) is 0 Å². The molecule has 0 heterocycles. The highest BCUT2D eigenvalue weighted by molar-refractivity contribution is 5.05. The molecule has 0 bridgehead atoms. The first-order valence-electron chi connectivity index (χ1n) is 14.6. The van der Waals surface area contributed by atoms with Crippen molar-refractivity contribution in [2.24, 2.45) is 46.8 Å². The highest BCUT2D eigenvalue weighted by Gasteiger charge is 2.56. The van der Waals surface area contributed by atoms with E-state index in [-0.39, 0.29) is 0 Å². The number of rotatable bonds is 10. The predicted octanol–water partition coefficient (Wildman–Crippen LogP) is 10.1. The Labute approximate surface area is 190 Å². The number of hydrogen-bond donors (Lipinski definition) is 0. The van der Waals surface area contributed by atoms with Crippen LogP contribution in [0.5, 0.6) is 0 Å². The third-order valence-corrected chi connectivity index (χ3v) is 10.8. The van der Waals surface area contributed by atoms with E-state index >= 15 is 0 Å². The van der Waals surface area contributed by atoms with Gasteiger partial charge in [0.15, 0.2) is 0 Å². The SMILES string of the molecule is CCCCC1CCCC(C(C)CC)(C2CCCCC2)C1C(C(C)CC)C1CCCC1. The summed E-state index contributed by atoms with van der Waals surface area (Å²) in [6, 6.07) is 0. The molecule has 0 saturated heterocycles. The molecule has 3 aliphatic rings. The fourth-order valence-electron chi connectivity index (χ4n) is 9.12. The van der Waals surface area contributed by atoms with Gasteiger partial charge in [0.1, 0.15) is 0 Å². The van der Waals surface area contributed by atoms with E-state index in [1.165, 1.54) is 70.6 Å². The minimum atomic E-state index is 0.655. The maximum absolute atomic E-state index is 2.70. The molecule has 0 spiro atoms. The first kappa shape index (κ1) is 24.6. The zero-order chi connectivity index (χ0) is 21.6. The van der Waals surface area contributed by atoms with E-state index < -0.39 is 0 Å². The number of hydrogen-bond acceptors (Lipinski definition) is 0. The lowest BCUT2D eigenvalue weighted by atomic mass is 9.44. The average Bonchev–Trinajstić information content (AvgIpc) is 3.32. The van der Waals surface area contributed by atoms with Gasteiger partial charge in [-0.15, -0.1) is 0 Å². The van der Waals surface area contributed by atoms with Crippen molar-refractivity contribution < 1.29 is 0 Å². The van der Waals surface area contributed by atoms with Crippen LogP contribution in [0.15, 0.2) is 0 Å². The molecule has 0 amide bonds. The Hall–Kier alpha value is 0. The van der Waals surface area contributed by atoms with Crippen LogP contribution < -0.4 is 0 Å². The molecule has 6 atom stereocenters. The molecule has 176 valence electrons. The summed E-state index contributed by atoms with van der Waals surface area (Å²) >= 11 is 0. The lowest BCUT2D eigenvalue weighted by molar-refractivity contribution is -0.123. The van der Waals surface area contributed by atoms with Gasteiger partial charge in [-0.1, -0.05) is 125 Å². The van der Waals surface area contributed by atoms with E-state index in [4.69, 9.17) is 0 Å². The molecule has 0 nitrogen and oxygen atoms in total. The molecule has 0 radical (unpaired) electrons. The van der Waals surface area contributed by atoms with Crippen LogP contribution in [0.3, 0.4) is 0 Å². The second-order valence-corrected chi connectivity index (χ2v) is 12.1. The summed E-state index contributed by atoms with van der Waals surface area (Å²) in [5.41, 5.74) is 0.655. The molecule has 30 heavy (non-hydrogen) atoms. The molecule has 0 N–H and O–H groups in total. The Morgan fingerprint density at radius 3 is 2.03 bits per heavy atom. The average molecular weight is 417 g/mol. The van der Waals surface area contributed by atoms with Crippen LogP contribution in [0, 0.1) is 46.8 Å². The minimum Gasteiger partial charge on any atom is -0.0654 e. The summed E-state index contributed by atoms with van der Waals surface area (Å²) in [7, 11) is 0. The maximum atomic E-state index is 2.70. The molecule has 0 aromatic carbocycles. The van der Waals surface area contributed by atoms with Gasteiger partial charge in [0.05, 0.1) is 0 Å². The van der Waals surface area contributed by atoms with E-state index in [9.17, 15) is 0 Å². The second-order valence-electron chi connectivity index (χ2n) is 12.1. The molecule has 3 rings (SSSR count). The van der Waals surface area contributed by atoms with Crippen LogP contribution in [-0.2, 0) is 0 Å². The van der Waals surface area contributed by atoms with Crippen LogP contribution in [0.4, 0.5) is 0 Å². The van der Waals surface area contributed by atoms with Crippen molar-refractivity contribution in [1.82, 2.24) is 0 Å². The fraction of sp³-hybridized carbons (Fsp3) is 1.00. The lowest BCUT2D eigenvalue weighted by Gasteiger charge is -2.61. The van der Waals surface area contributed by atoms with Gasteiger partial charge in [0.25, 0.3) is 0 Å². The quantitative estimate of drug-likeness (QED) is 0.332. The standard InChI is InChI=1S/C30H56/c1-6-9-16-26-19-15-22-30(24(5)8-3,27-20-11-10-12-21-27)29(26)28(23(4)7-2)25-17-13-14-18-25/h23-29H,6-22H2,1-5H3. The van der Waals surface area contributed by atoms with Crippen LogP contribution in [0.1, 0.15) is 144 Å². The topological polar surface area (TPSA) is 0 Å². The molecular formula is C30H56. The minimum absolute atomic E-state index is 0.655. The van der Waals surface area contributed by atoms with E-state index in [0.29, 0.717) is 5.41 Å². The molecule has 0 aliphatic heterocycles. The van der Waals surface area contributed by atoms with Crippen molar-refractivity contribution >= 4 is 0 Å². The summed E-state index contributed by atoms with van der Waals surface area (Å²) in [6.07, 6.45) is 25.6. The fourth-order valence-corrected chi connectivity index (χ4v) is 9.12. The van der Waals surface area contributed by atoms with E-state index in [1.807, 2.05) is 0 Å². The van der Waals surface area contributed by atoms with Gasteiger partial charge in [0.2, 0.25) is 0 Å². The van der Waals surface area contributed by atoms with Gasteiger partial charge in [-0.3, -0.25) is 0 Å². The molecule has 3 aliphatic carbocycles. The normalized spacial score (nSPS) is 34.7. The zero-order valence-corrected chi connectivity index (χ0v) is 21.6. The molecule has 3 saturated carbocycles. The van der Waals surface area contributed by atoms with Gasteiger partial charge >= 0.3 is 0 Å². The summed E-state index contributed by atoms with van der Waals surface area (Å²) in [4.78, 5) is 0. The van der Waals surface area contributed by atoms with Crippen LogP contribution in [0.2, 0.25) is 0 Å². The smallest absolute Gasteiger partial charge is 0.0210 e. The van der Waals surface area contributed by atoms with Crippen LogP contribution in [0.25, 0.3) is 0 Å². The molecule has 6 unspecified atom stereocenters. The van der Waals surface area contributed by atoms with Gasteiger partial charge < -0.3 is 0 Å². The lowest BCUT2D eigenvalue weighted by Crippen LogP contribution is -2.54. The third-order valence-electron chi connectivity index (χ3n) is 10.8. The summed E-state index contributed by atoms with van der Waals surface area (Å²) < 4.78 is 0. The Kier molecular flexibility index (Phi) is 9.65. The van der Waals surface area contributed by atoms with E-state index in [2.05, 4.69) is 34.6 Å². The molecule has 0 heteroatoms. The first-order chi connectivity index (χ1) is 14.6. The molecule has 0 aromatic rings. The van der Waals surface area contributed by atoms with Crippen molar-refractivity contribution in [2.75, 3.05) is 0 Å². The highest BCUT2D eigenvalue weighted by Crippen LogP contribution is 2.63. The van der Waals surface area contributed by atoms with E-state index in [1.54, 1.807) is 38.5 Å². The Bertz CT molecular complexity index is 468. The van der Waals surface area contributed by atoms with Crippen molar-refractivity contribution in [3.63, 3.8) is 0 Å². The predicted molar refractivity (Wildman–Crippen MR) is 134 cm³/mol. The van der Waals surface area contributed by atoms with Gasteiger partial charge in [-0.2, -0.15) is 0 Å². The highest BCUT2D eigenvalue weighted by atomic mass is 14.6. The van der Waals surface area contributed by atoms with Crippen molar-refractivity contribution in [1.29, 1.82) is 0 Å². The Morgan fingerprint density at radius 2 is 1.43 bits per heavy atom. The molecule has 0 aromatic heterocycles. The summed E-state index contributed by atoms with van der Waals surface area (Å²) in [5.74, 6) is 6.97. The second kappa shape index (κ2) is 11.7. The summed E-state index contributed by atoms with van der Waals surface area (Å²) in [5, 5.41) is 0. The van der Waals surface area contributed by atoms with Crippen molar-refractivity contribution in [3.05, 3.63) is 0 Å². The maximum Gasteiger partial charge on any atom is -0.0210 e. The third kappa shape index (κ3) is 4.98. The summed E-state index contributed by atoms with van der Waals surface area (Å²) in [6.45, 7) is 12.8. The Morgan fingerprint density at radius 1 is 0.767 bits per heavy atom. The molecule has 3 fully saturated rings. The first-order valence-corrected chi connectivity index (χ1v) is 14.6. The van der Waals surface area contributed by atoms with Crippen LogP contribution >= 0.6 is 0 Å². The molecular weight excluding hydrogens is 360 g/mol. The number of unbranched alkanes of at least 4 members (excludes halogenated alkanes) is 1. The van der Waals surface area contributed by atoms with Gasteiger partial charge in [0, 0.05) is 0 Å².